The number of amides is 2. The molecule has 162 valence electrons. The molecule has 0 aliphatic heterocycles. The van der Waals surface area contributed by atoms with Crippen LogP contribution in [-0.4, -0.2) is 31.1 Å². The van der Waals surface area contributed by atoms with Crippen LogP contribution >= 0.6 is 7.60 Å². The molecule has 0 aromatic heterocycles. The lowest BCUT2D eigenvalue weighted by Gasteiger charge is -2.17. The number of carbonyl (C=O) groups is 2. The van der Waals surface area contributed by atoms with Crippen LogP contribution in [0.2, 0.25) is 0 Å². The van der Waals surface area contributed by atoms with Gasteiger partial charge >= 0.3 is 7.60 Å². The zero-order valence-electron chi connectivity index (χ0n) is 17.0. The van der Waals surface area contributed by atoms with E-state index in [0.29, 0.717) is 16.7 Å². The van der Waals surface area contributed by atoms with Gasteiger partial charge in [0, 0.05) is 12.0 Å². The zero-order valence-corrected chi connectivity index (χ0v) is 17.9. The standard InChI is InChI=1S/C21H26FN2O5P/c1-3-28-30(27,29-4-2)14-16-5-9-17(10-6-16)21(26)24-19(20(23)25)13-15-7-11-18(22)12-8-15/h5-12,19H,3-4,13-14H2,1-2H3,(H2,23,25)(H,24,26)/t19-/m1/s1. The first-order chi connectivity index (χ1) is 14.3. The second-order valence-corrected chi connectivity index (χ2v) is 8.61. The average molecular weight is 436 g/mol. The summed E-state index contributed by atoms with van der Waals surface area (Å²) < 4.78 is 36.2. The Bertz CT molecular complexity index is 893. The summed E-state index contributed by atoms with van der Waals surface area (Å²) in [4.78, 5) is 24.3. The highest BCUT2D eigenvalue weighted by atomic mass is 31.2. The molecule has 2 rings (SSSR count). The lowest BCUT2D eigenvalue weighted by Crippen LogP contribution is -2.45. The predicted molar refractivity (Wildman–Crippen MR) is 112 cm³/mol. The third-order valence-electron chi connectivity index (χ3n) is 4.25. The van der Waals surface area contributed by atoms with Gasteiger partial charge < -0.3 is 20.1 Å². The number of hydrogen-bond acceptors (Lipinski definition) is 5. The van der Waals surface area contributed by atoms with Gasteiger partial charge in [-0.15, -0.1) is 0 Å². The van der Waals surface area contributed by atoms with Gasteiger partial charge in [0.05, 0.1) is 19.4 Å². The molecule has 0 spiro atoms. The number of nitrogens with two attached hydrogens (primary N) is 1. The van der Waals surface area contributed by atoms with Crippen LogP contribution in [0.1, 0.15) is 35.3 Å². The summed E-state index contributed by atoms with van der Waals surface area (Å²) in [6, 6.07) is 11.1. The molecule has 2 aromatic rings. The van der Waals surface area contributed by atoms with Gasteiger partial charge in [0.15, 0.2) is 0 Å². The topological polar surface area (TPSA) is 108 Å². The summed E-state index contributed by atoms with van der Waals surface area (Å²) >= 11 is 0. The first-order valence-corrected chi connectivity index (χ1v) is 11.3. The van der Waals surface area contributed by atoms with Crippen molar-refractivity contribution in [1.82, 2.24) is 5.32 Å². The highest BCUT2D eigenvalue weighted by Gasteiger charge is 2.24. The largest absolute Gasteiger partial charge is 0.368 e. The molecule has 9 heteroatoms. The van der Waals surface area contributed by atoms with E-state index in [1.165, 1.54) is 24.3 Å². The van der Waals surface area contributed by atoms with E-state index in [4.69, 9.17) is 14.8 Å². The molecule has 1 atom stereocenters. The van der Waals surface area contributed by atoms with E-state index in [1.807, 2.05) is 0 Å². The monoisotopic (exact) mass is 436 g/mol. The fraction of sp³-hybridized carbons (Fsp3) is 0.333. The number of carbonyl (C=O) groups excluding carboxylic acids is 2. The number of hydrogen-bond donors (Lipinski definition) is 2. The van der Waals surface area contributed by atoms with E-state index in [9.17, 15) is 18.5 Å². The predicted octanol–water partition coefficient (Wildman–Crippen LogP) is 3.42. The van der Waals surface area contributed by atoms with Crippen molar-refractivity contribution in [3.05, 3.63) is 71.0 Å². The van der Waals surface area contributed by atoms with Gasteiger partial charge in [-0.2, -0.15) is 0 Å². The minimum Gasteiger partial charge on any atom is -0.368 e. The molecule has 2 aromatic carbocycles. The summed E-state index contributed by atoms with van der Waals surface area (Å²) in [6.45, 7) is 4.00. The van der Waals surface area contributed by atoms with Crippen molar-refractivity contribution in [3.63, 3.8) is 0 Å². The van der Waals surface area contributed by atoms with Crippen LogP contribution in [0.25, 0.3) is 0 Å². The van der Waals surface area contributed by atoms with E-state index in [1.54, 1.807) is 38.1 Å². The molecule has 0 bridgehead atoms. The molecule has 30 heavy (non-hydrogen) atoms. The van der Waals surface area contributed by atoms with Gasteiger partial charge in [-0.25, -0.2) is 4.39 Å². The number of nitrogens with one attached hydrogen (secondary N) is 1. The maximum absolute atomic E-state index is 13.0. The van der Waals surface area contributed by atoms with Gasteiger partial charge in [-0.3, -0.25) is 14.2 Å². The summed E-state index contributed by atoms with van der Waals surface area (Å²) in [5.41, 5.74) is 7.07. The quantitative estimate of drug-likeness (QED) is 0.525. The average Bonchev–Trinajstić information content (AvgIpc) is 2.69. The number of benzene rings is 2. The van der Waals surface area contributed by atoms with Gasteiger partial charge in [0.1, 0.15) is 11.9 Å². The molecule has 0 saturated carbocycles. The minimum atomic E-state index is -3.25. The van der Waals surface area contributed by atoms with E-state index in [2.05, 4.69) is 5.32 Å². The first kappa shape index (κ1) is 23.7. The molecule has 0 fully saturated rings. The molecular weight excluding hydrogens is 410 g/mol. The van der Waals surface area contributed by atoms with E-state index < -0.39 is 31.3 Å². The molecular formula is C21H26FN2O5P. The normalized spacial score (nSPS) is 12.4. The lowest BCUT2D eigenvalue weighted by atomic mass is 10.0. The Morgan fingerprint density at radius 2 is 1.53 bits per heavy atom. The van der Waals surface area contributed by atoms with Crippen LogP contribution in [0, 0.1) is 5.82 Å². The third kappa shape index (κ3) is 7.06. The van der Waals surface area contributed by atoms with Crippen LogP contribution in [0.5, 0.6) is 0 Å². The fourth-order valence-corrected chi connectivity index (χ4v) is 4.53. The van der Waals surface area contributed by atoms with Gasteiger partial charge in [0.2, 0.25) is 5.91 Å². The second kappa shape index (κ2) is 11.0. The van der Waals surface area contributed by atoms with Crippen molar-refractivity contribution in [1.29, 1.82) is 0 Å². The smallest absolute Gasteiger partial charge is 0.335 e. The van der Waals surface area contributed by atoms with Crippen LogP contribution < -0.4 is 11.1 Å². The highest BCUT2D eigenvalue weighted by Crippen LogP contribution is 2.51. The molecule has 7 nitrogen and oxygen atoms in total. The van der Waals surface area contributed by atoms with Gasteiger partial charge in [-0.1, -0.05) is 24.3 Å². The Balaban J connectivity index is 2.05. The molecule has 0 radical (unpaired) electrons. The van der Waals surface area contributed by atoms with Crippen molar-refractivity contribution in [2.45, 2.75) is 32.5 Å². The molecule has 0 saturated heterocycles. The summed E-state index contributed by atoms with van der Waals surface area (Å²) in [6.07, 6.45) is 0.233. The minimum absolute atomic E-state index is 0.0883. The Morgan fingerprint density at radius 1 is 1.00 bits per heavy atom. The Morgan fingerprint density at radius 3 is 2.03 bits per heavy atom. The third-order valence-corrected chi connectivity index (χ3v) is 6.30. The number of primary amides is 1. The summed E-state index contributed by atoms with van der Waals surface area (Å²) in [7, 11) is -3.25. The SMILES string of the molecule is CCOP(=O)(Cc1ccc(C(=O)N[C@H](Cc2ccc(F)cc2)C(N)=O)cc1)OCC. The van der Waals surface area contributed by atoms with E-state index in [0.717, 1.165) is 0 Å². The van der Waals surface area contributed by atoms with Gasteiger partial charge in [-0.05, 0) is 49.2 Å². The summed E-state index contributed by atoms with van der Waals surface area (Å²) in [5.74, 6) is -1.57. The van der Waals surface area contributed by atoms with E-state index in [-0.39, 0.29) is 25.8 Å². The van der Waals surface area contributed by atoms with Gasteiger partial charge in [0.25, 0.3) is 5.91 Å². The molecule has 0 aliphatic rings. The van der Waals surface area contributed by atoms with Crippen LogP contribution in [-0.2, 0) is 31.0 Å². The molecule has 2 amide bonds. The van der Waals surface area contributed by atoms with Crippen LogP contribution in [0.4, 0.5) is 4.39 Å². The summed E-state index contributed by atoms with van der Waals surface area (Å²) in [5, 5.41) is 2.59. The molecule has 3 N–H and O–H groups in total. The van der Waals surface area contributed by atoms with Crippen molar-refractivity contribution >= 4 is 19.4 Å². The fourth-order valence-electron chi connectivity index (χ4n) is 2.83. The van der Waals surface area contributed by atoms with Crippen molar-refractivity contribution in [2.75, 3.05) is 13.2 Å². The van der Waals surface area contributed by atoms with Crippen LogP contribution in [0.3, 0.4) is 0 Å². The number of halogens is 1. The van der Waals surface area contributed by atoms with Crippen molar-refractivity contribution in [2.24, 2.45) is 5.73 Å². The lowest BCUT2D eigenvalue weighted by molar-refractivity contribution is -0.119. The number of rotatable bonds is 11. The molecule has 0 heterocycles. The molecule has 0 unspecified atom stereocenters. The first-order valence-electron chi connectivity index (χ1n) is 9.58. The maximum atomic E-state index is 13.0. The Hall–Kier alpha value is -2.54. The Kier molecular flexibility index (Phi) is 8.72. The van der Waals surface area contributed by atoms with Crippen LogP contribution in [0.15, 0.2) is 48.5 Å². The van der Waals surface area contributed by atoms with Crippen molar-refractivity contribution in [3.8, 4) is 0 Å². The van der Waals surface area contributed by atoms with E-state index >= 15 is 0 Å². The highest BCUT2D eigenvalue weighted by molar-refractivity contribution is 7.53. The molecule has 0 aliphatic carbocycles. The zero-order chi connectivity index (χ0) is 22.1. The maximum Gasteiger partial charge on any atom is 0.335 e. The Labute approximate surface area is 175 Å². The second-order valence-electron chi connectivity index (χ2n) is 6.56. The van der Waals surface area contributed by atoms with Crippen molar-refractivity contribution < 1.29 is 27.6 Å².